The van der Waals surface area contributed by atoms with E-state index >= 15 is 0 Å². The van der Waals surface area contributed by atoms with Crippen molar-refractivity contribution in [1.29, 1.82) is 0 Å². The molecule has 3 aromatic rings. The van der Waals surface area contributed by atoms with E-state index in [1.807, 2.05) is 0 Å². The number of hydrogen-bond acceptors (Lipinski definition) is 0. The maximum absolute atomic E-state index is 2.75. The molecule has 1 heterocycles. The van der Waals surface area contributed by atoms with Crippen LogP contribution in [0.1, 0.15) is 44.4 Å². The van der Waals surface area contributed by atoms with E-state index in [-0.39, 0.29) is 5.41 Å². The zero-order valence-corrected chi connectivity index (χ0v) is 19.3. The average molecular weight is 448 g/mol. The van der Waals surface area contributed by atoms with Crippen molar-refractivity contribution in [3.63, 3.8) is 0 Å². The van der Waals surface area contributed by atoms with Gasteiger partial charge in [-0.3, -0.25) is 0 Å². The molecule has 2 atom stereocenters. The quantitative estimate of drug-likeness (QED) is 0.347. The Balaban J connectivity index is 1.75. The zero-order valence-electron chi connectivity index (χ0n) is 17.6. The molecule has 4 rings (SSSR count). The average Bonchev–Trinajstić information content (AvgIpc) is 3.04. The minimum atomic E-state index is 0.168. The predicted octanol–water partition coefficient (Wildman–Crippen LogP) is 5.50. The Bertz CT molecular complexity index is 961. The van der Waals surface area contributed by atoms with Crippen LogP contribution in [-0.2, 0) is 0 Å². The fraction of sp³-hybridized carbons (Fsp3) is 0.296. The third-order valence-corrected chi connectivity index (χ3v) is 8.40. The molecule has 1 aliphatic heterocycles. The van der Waals surface area contributed by atoms with Crippen molar-refractivity contribution in [3.05, 3.63) is 102 Å². The molecule has 0 amide bonds. The van der Waals surface area contributed by atoms with Gasteiger partial charge in [-0.05, 0) is 0 Å². The van der Waals surface area contributed by atoms with Gasteiger partial charge in [0.2, 0.25) is 0 Å². The van der Waals surface area contributed by atoms with Gasteiger partial charge >= 0.3 is 182 Å². The Hall–Kier alpha value is -2.15. The summed E-state index contributed by atoms with van der Waals surface area (Å²) in [7, 11) is 0. The molecular weight excluding hydrogens is 417 g/mol. The first kappa shape index (κ1) is 20.1. The molecule has 0 spiro atoms. The molecular formula is C27H30NSe+. The second-order valence-corrected chi connectivity index (χ2v) is 10.9. The Morgan fingerprint density at radius 1 is 0.862 bits per heavy atom. The van der Waals surface area contributed by atoms with Gasteiger partial charge in [-0.1, -0.05) is 0 Å². The van der Waals surface area contributed by atoms with E-state index < -0.39 is 0 Å². The van der Waals surface area contributed by atoms with Gasteiger partial charge in [-0.25, -0.2) is 0 Å². The molecule has 0 saturated heterocycles. The van der Waals surface area contributed by atoms with Crippen LogP contribution in [0.2, 0.25) is 5.32 Å². The summed E-state index contributed by atoms with van der Waals surface area (Å²) < 4.78 is 4.24. The third kappa shape index (κ3) is 4.39. The van der Waals surface area contributed by atoms with Gasteiger partial charge in [0.05, 0.1) is 0 Å². The number of rotatable bonds is 6. The number of benzene rings is 3. The zero-order chi connectivity index (χ0) is 20.3. The molecule has 2 heteroatoms. The molecule has 148 valence electrons. The van der Waals surface area contributed by atoms with Crippen LogP contribution < -0.4 is 4.46 Å². The van der Waals surface area contributed by atoms with Gasteiger partial charge in [0.25, 0.3) is 0 Å². The Labute approximate surface area is 181 Å². The van der Waals surface area contributed by atoms with Crippen molar-refractivity contribution >= 4 is 25.1 Å². The van der Waals surface area contributed by atoms with Gasteiger partial charge in [-0.2, -0.15) is 0 Å². The van der Waals surface area contributed by atoms with E-state index in [0.717, 1.165) is 0 Å². The molecule has 29 heavy (non-hydrogen) atoms. The SMILES string of the molecule is C[C@H](c1ccccc1)[N+]1=C(c2ccccc2)C(C)(C)CC1C[Se]c1ccccc1. The van der Waals surface area contributed by atoms with Crippen LogP contribution in [0.5, 0.6) is 0 Å². The molecule has 0 bridgehead atoms. The van der Waals surface area contributed by atoms with Gasteiger partial charge < -0.3 is 0 Å². The van der Waals surface area contributed by atoms with E-state index in [4.69, 9.17) is 0 Å². The molecule has 0 fully saturated rings. The summed E-state index contributed by atoms with van der Waals surface area (Å²) in [5.41, 5.74) is 4.44. The van der Waals surface area contributed by atoms with Crippen LogP contribution in [0.3, 0.4) is 0 Å². The summed E-state index contributed by atoms with van der Waals surface area (Å²) >= 11 is 0.489. The van der Waals surface area contributed by atoms with Gasteiger partial charge in [-0.15, -0.1) is 0 Å². The van der Waals surface area contributed by atoms with Gasteiger partial charge in [0, 0.05) is 0 Å². The Morgan fingerprint density at radius 2 is 1.41 bits per heavy atom. The van der Waals surface area contributed by atoms with Crippen molar-refractivity contribution in [3.8, 4) is 0 Å². The monoisotopic (exact) mass is 448 g/mol. The van der Waals surface area contributed by atoms with E-state index in [1.54, 1.807) is 0 Å². The molecule has 3 aromatic carbocycles. The molecule has 1 unspecified atom stereocenters. The standard InChI is InChI=1S/C27H30NSe/c1-21(22-13-7-4-8-14-22)28-24(20-29-25-17-11-6-12-18-25)19-27(2,3)26(28)23-15-9-5-10-16-23/h4-18,21,24H,19-20H2,1-3H3/q+1/t21-,24?/m1/s1. The van der Waals surface area contributed by atoms with E-state index in [9.17, 15) is 0 Å². The predicted molar refractivity (Wildman–Crippen MR) is 124 cm³/mol. The molecule has 0 radical (unpaired) electrons. The van der Waals surface area contributed by atoms with E-state index in [1.165, 1.54) is 33.0 Å². The van der Waals surface area contributed by atoms with Crippen LogP contribution in [0.15, 0.2) is 91.0 Å². The first-order valence-corrected chi connectivity index (χ1v) is 12.6. The van der Waals surface area contributed by atoms with Crippen LogP contribution in [0.4, 0.5) is 0 Å². The number of nitrogens with zero attached hydrogens (tertiary/aromatic N) is 1. The van der Waals surface area contributed by atoms with Crippen molar-refractivity contribution in [2.75, 3.05) is 0 Å². The summed E-state index contributed by atoms with van der Waals surface area (Å²) in [4.78, 5) is 0. The molecule has 1 nitrogen and oxygen atoms in total. The summed E-state index contributed by atoms with van der Waals surface area (Å²) in [6.07, 6.45) is 1.21. The summed E-state index contributed by atoms with van der Waals surface area (Å²) in [5, 5.41) is 1.24. The normalized spacial score (nSPS) is 19.3. The van der Waals surface area contributed by atoms with Crippen LogP contribution >= 0.6 is 0 Å². The maximum atomic E-state index is 2.75. The molecule has 1 aliphatic rings. The fourth-order valence-electron chi connectivity index (χ4n) is 4.70. The van der Waals surface area contributed by atoms with Crippen molar-refractivity contribution in [2.24, 2.45) is 5.41 Å². The molecule has 0 aliphatic carbocycles. The van der Waals surface area contributed by atoms with E-state index in [0.29, 0.717) is 27.0 Å². The van der Waals surface area contributed by atoms with Crippen LogP contribution in [-0.4, -0.2) is 31.3 Å². The number of hydrogen-bond donors (Lipinski definition) is 0. The second kappa shape index (κ2) is 8.69. The molecule has 0 N–H and O–H groups in total. The topological polar surface area (TPSA) is 3.01 Å². The van der Waals surface area contributed by atoms with Crippen molar-refractivity contribution in [1.82, 2.24) is 0 Å². The first-order valence-electron chi connectivity index (χ1n) is 10.5. The Kier molecular flexibility index (Phi) is 6.04. The second-order valence-electron chi connectivity index (χ2n) is 8.57. The summed E-state index contributed by atoms with van der Waals surface area (Å²) in [5.74, 6) is 0. The summed E-state index contributed by atoms with van der Waals surface area (Å²) in [6.45, 7) is 7.23. The van der Waals surface area contributed by atoms with E-state index in [2.05, 4.69) is 116 Å². The third-order valence-electron chi connectivity index (χ3n) is 5.97. The van der Waals surface area contributed by atoms with Gasteiger partial charge in [0.1, 0.15) is 0 Å². The fourth-order valence-corrected chi connectivity index (χ4v) is 6.83. The van der Waals surface area contributed by atoms with Gasteiger partial charge in [0.15, 0.2) is 0 Å². The van der Waals surface area contributed by atoms with Crippen LogP contribution in [0, 0.1) is 5.41 Å². The van der Waals surface area contributed by atoms with Crippen LogP contribution in [0.25, 0.3) is 0 Å². The first-order chi connectivity index (χ1) is 14.1. The minimum absolute atomic E-state index is 0.168. The Morgan fingerprint density at radius 3 is 2.03 bits per heavy atom. The summed E-state index contributed by atoms with van der Waals surface area (Å²) in [6, 6.07) is 34.0. The molecule has 0 saturated carbocycles. The van der Waals surface area contributed by atoms with Crippen molar-refractivity contribution < 1.29 is 4.58 Å². The van der Waals surface area contributed by atoms with Crippen molar-refractivity contribution in [2.45, 2.75) is 44.6 Å². The molecule has 0 aromatic heterocycles.